The molecule has 5 heteroatoms. The Balaban J connectivity index is 1.77. The van der Waals surface area contributed by atoms with Gasteiger partial charge in [-0.25, -0.2) is 0 Å². The lowest BCUT2D eigenvalue weighted by Crippen LogP contribution is -2.29. The molecule has 1 aliphatic heterocycles. The quantitative estimate of drug-likeness (QED) is 0.855. The molecular weight excluding hydrogens is 324 g/mol. The van der Waals surface area contributed by atoms with Gasteiger partial charge in [0.05, 0.1) is 5.56 Å². The summed E-state index contributed by atoms with van der Waals surface area (Å²) < 4.78 is 0. The van der Waals surface area contributed by atoms with Gasteiger partial charge < -0.3 is 15.3 Å². The molecule has 4 nitrogen and oxygen atoms in total. The van der Waals surface area contributed by atoms with E-state index in [2.05, 4.69) is 17.1 Å². The highest BCUT2D eigenvalue weighted by Gasteiger charge is 2.15. The van der Waals surface area contributed by atoms with Crippen LogP contribution in [-0.2, 0) is 0 Å². The first-order chi connectivity index (χ1) is 11.5. The number of carbonyl (C=O) groups is 1. The van der Waals surface area contributed by atoms with Crippen molar-refractivity contribution in [2.75, 3.05) is 23.3 Å². The predicted octanol–water partition coefficient (Wildman–Crippen LogP) is 4.60. The van der Waals surface area contributed by atoms with Crippen LogP contribution in [0.4, 0.5) is 11.4 Å². The van der Waals surface area contributed by atoms with E-state index < -0.39 is 0 Å². The van der Waals surface area contributed by atoms with Crippen molar-refractivity contribution < 1.29 is 9.90 Å². The maximum absolute atomic E-state index is 12.3. The van der Waals surface area contributed by atoms with Gasteiger partial charge in [0.25, 0.3) is 5.91 Å². The molecule has 0 spiro atoms. The summed E-state index contributed by atoms with van der Waals surface area (Å²) >= 11 is 5.90. The lowest BCUT2D eigenvalue weighted by molar-refractivity contribution is 0.102. The standard InChI is InChI=1S/C19H21ClN2O2/c1-13-11-15(6-7-17(13)22-9-3-2-4-10-22)21-19(24)16-12-14(20)5-8-18(16)23/h5-8,11-12,23H,2-4,9-10H2,1H3,(H,21,24). The van der Waals surface area contributed by atoms with Gasteiger partial charge in [-0.2, -0.15) is 0 Å². The van der Waals surface area contributed by atoms with Gasteiger partial charge in [0, 0.05) is 29.5 Å². The fourth-order valence-electron chi connectivity index (χ4n) is 3.11. The number of anilines is 2. The van der Waals surface area contributed by atoms with Crippen molar-refractivity contribution in [2.45, 2.75) is 26.2 Å². The van der Waals surface area contributed by atoms with Crippen molar-refractivity contribution in [1.82, 2.24) is 0 Å². The van der Waals surface area contributed by atoms with E-state index in [1.165, 1.54) is 37.1 Å². The number of piperidine rings is 1. The average molecular weight is 345 g/mol. The molecule has 2 aromatic carbocycles. The maximum Gasteiger partial charge on any atom is 0.259 e. The highest BCUT2D eigenvalue weighted by atomic mass is 35.5. The van der Waals surface area contributed by atoms with Gasteiger partial charge in [-0.3, -0.25) is 4.79 Å². The number of amides is 1. The molecule has 1 fully saturated rings. The Kier molecular flexibility index (Phi) is 4.95. The van der Waals surface area contributed by atoms with Gasteiger partial charge in [0.1, 0.15) is 5.75 Å². The summed E-state index contributed by atoms with van der Waals surface area (Å²) in [6.45, 7) is 4.22. The van der Waals surface area contributed by atoms with Gasteiger partial charge in [0.2, 0.25) is 0 Å². The number of hydrogen-bond acceptors (Lipinski definition) is 3. The third kappa shape index (κ3) is 3.65. The SMILES string of the molecule is Cc1cc(NC(=O)c2cc(Cl)ccc2O)ccc1N1CCCCC1. The molecule has 0 atom stereocenters. The Hall–Kier alpha value is -2.20. The molecule has 2 aromatic rings. The number of nitrogens with one attached hydrogen (secondary N) is 1. The summed E-state index contributed by atoms with van der Waals surface area (Å²) in [6.07, 6.45) is 3.75. The van der Waals surface area contributed by atoms with Crippen molar-refractivity contribution in [3.05, 3.63) is 52.5 Å². The fraction of sp³-hybridized carbons (Fsp3) is 0.316. The van der Waals surface area contributed by atoms with Gasteiger partial charge in [-0.1, -0.05) is 11.6 Å². The van der Waals surface area contributed by atoms with E-state index in [0.29, 0.717) is 10.7 Å². The highest BCUT2D eigenvalue weighted by Crippen LogP contribution is 2.27. The third-order valence-electron chi connectivity index (χ3n) is 4.35. The second-order valence-corrected chi connectivity index (χ2v) is 6.60. The number of halogens is 1. The number of carbonyl (C=O) groups excluding carboxylic acids is 1. The second-order valence-electron chi connectivity index (χ2n) is 6.16. The average Bonchev–Trinajstić information content (AvgIpc) is 2.58. The molecule has 1 amide bonds. The van der Waals surface area contributed by atoms with Crippen LogP contribution in [0, 0.1) is 6.92 Å². The Labute approximate surface area is 147 Å². The molecule has 126 valence electrons. The van der Waals surface area contributed by atoms with Crippen LogP contribution < -0.4 is 10.2 Å². The molecule has 2 N–H and O–H groups in total. The normalized spacial score (nSPS) is 14.5. The number of phenolic OH excluding ortho intramolecular Hbond substituents is 1. The van der Waals surface area contributed by atoms with Gasteiger partial charge in [0.15, 0.2) is 0 Å². The molecule has 1 aliphatic rings. The highest BCUT2D eigenvalue weighted by molar-refractivity contribution is 6.31. The summed E-state index contributed by atoms with van der Waals surface area (Å²) in [7, 11) is 0. The van der Waals surface area contributed by atoms with Crippen molar-refractivity contribution in [1.29, 1.82) is 0 Å². The van der Waals surface area contributed by atoms with Crippen molar-refractivity contribution >= 4 is 28.9 Å². The summed E-state index contributed by atoms with van der Waals surface area (Å²) in [4.78, 5) is 14.7. The van der Waals surface area contributed by atoms with Gasteiger partial charge >= 0.3 is 0 Å². The van der Waals surface area contributed by atoms with E-state index in [-0.39, 0.29) is 17.2 Å². The Morgan fingerprint density at radius 2 is 1.88 bits per heavy atom. The molecule has 1 saturated heterocycles. The van der Waals surface area contributed by atoms with E-state index in [0.717, 1.165) is 18.7 Å². The van der Waals surface area contributed by atoms with E-state index in [1.54, 1.807) is 6.07 Å². The molecule has 0 radical (unpaired) electrons. The van der Waals surface area contributed by atoms with Crippen LogP contribution in [0.25, 0.3) is 0 Å². The monoisotopic (exact) mass is 344 g/mol. The number of aromatic hydroxyl groups is 1. The van der Waals surface area contributed by atoms with E-state index in [4.69, 9.17) is 11.6 Å². The van der Waals surface area contributed by atoms with Crippen LogP contribution in [0.2, 0.25) is 5.02 Å². The van der Waals surface area contributed by atoms with Gasteiger partial charge in [-0.05, 0) is 68.1 Å². The molecule has 0 aromatic heterocycles. The molecule has 0 unspecified atom stereocenters. The Bertz CT molecular complexity index is 755. The smallest absolute Gasteiger partial charge is 0.259 e. The van der Waals surface area contributed by atoms with Crippen LogP contribution in [0.15, 0.2) is 36.4 Å². The Morgan fingerprint density at radius 3 is 2.58 bits per heavy atom. The molecule has 0 saturated carbocycles. The molecule has 24 heavy (non-hydrogen) atoms. The number of rotatable bonds is 3. The number of phenols is 1. The summed E-state index contributed by atoms with van der Waals surface area (Å²) in [6, 6.07) is 10.3. The van der Waals surface area contributed by atoms with Crippen LogP contribution in [0.5, 0.6) is 5.75 Å². The van der Waals surface area contributed by atoms with Crippen molar-refractivity contribution in [3.63, 3.8) is 0 Å². The summed E-state index contributed by atoms with van der Waals surface area (Å²) in [5.74, 6) is -0.460. The van der Waals surface area contributed by atoms with E-state index in [9.17, 15) is 9.90 Å². The van der Waals surface area contributed by atoms with Crippen LogP contribution in [-0.4, -0.2) is 24.1 Å². The largest absolute Gasteiger partial charge is 0.507 e. The third-order valence-corrected chi connectivity index (χ3v) is 4.59. The molecule has 0 aliphatic carbocycles. The predicted molar refractivity (Wildman–Crippen MR) is 98.3 cm³/mol. The zero-order valence-corrected chi connectivity index (χ0v) is 14.4. The molecular formula is C19H21ClN2O2. The van der Waals surface area contributed by atoms with Crippen LogP contribution in [0.1, 0.15) is 35.2 Å². The topological polar surface area (TPSA) is 52.6 Å². The number of nitrogens with zero attached hydrogens (tertiary/aromatic N) is 1. The molecule has 3 rings (SSSR count). The number of benzene rings is 2. The van der Waals surface area contributed by atoms with E-state index in [1.807, 2.05) is 18.2 Å². The maximum atomic E-state index is 12.3. The zero-order valence-electron chi connectivity index (χ0n) is 13.7. The van der Waals surface area contributed by atoms with Crippen molar-refractivity contribution in [3.8, 4) is 5.75 Å². The van der Waals surface area contributed by atoms with Crippen LogP contribution >= 0.6 is 11.6 Å². The first-order valence-electron chi connectivity index (χ1n) is 8.20. The molecule has 1 heterocycles. The Morgan fingerprint density at radius 1 is 1.12 bits per heavy atom. The number of hydrogen-bond donors (Lipinski definition) is 2. The lowest BCUT2D eigenvalue weighted by Gasteiger charge is -2.30. The summed E-state index contributed by atoms with van der Waals surface area (Å²) in [5, 5.41) is 13.1. The minimum atomic E-state index is -0.375. The first-order valence-corrected chi connectivity index (χ1v) is 8.58. The first kappa shape index (κ1) is 16.7. The van der Waals surface area contributed by atoms with Gasteiger partial charge in [-0.15, -0.1) is 0 Å². The fourth-order valence-corrected chi connectivity index (χ4v) is 3.28. The van der Waals surface area contributed by atoms with E-state index >= 15 is 0 Å². The van der Waals surface area contributed by atoms with Crippen molar-refractivity contribution in [2.24, 2.45) is 0 Å². The number of aryl methyl sites for hydroxylation is 1. The van der Waals surface area contributed by atoms with Crippen LogP contribution in [0.3, 0.4) is 0 Å². The summed E-state index contributed by atoms with van der Waals surface area (Å²) in [5.41, 5.74) is 3.22. The zero-order chi connectivity index (χ0) is 17.1. The minimum Gasteiger partial charge on any atom is -0.507 e. The second kappa shape index (κ2) is 7.14. The lowest BCUT2D eigenvalue weighted by atomic mass is 10.1. The minimum absolute atomic E-state index is 0.0847. The molecule has 0 bridgehead atoms.